The molecule has 0 spiro atoms. The van der Waals surface area contributed by atoms with Crippen LogP contribution in [-0.2, 0) is 11.2 Å². The number of aliphatic hydroxyl groups is 7. The highest BCUT2D eigenvalue weighted by molar-refractivity contribution is 5.27. The SMILES string of the molecule is Cc1ccc(CC2(O)C=C(O)CC(O)([C@@H]3O[C@H](CO)[C@@H](O)[C@H](O)[C@H]3O)C2)cc1. The van der Waals surface area contributed by atoms with Crippen molar-refractivity contribution in [2.45, 2.75) is 67.9 Å². The first-order chi connectivity index (χ1) is 13.1. The number of ether oxygens (including phenoxy) is 1. The molecule has 1 fully saturated rings. The van der Waals surface area contributed by atoms with Crippen molar-refractivity contribution in [2.24, 2.45) is 0 Å². The lowest BCUT2D eigenvalue weighted by Gasteiger charge is -2.50. The van der Waals surface area contributed by atoms with E-state index in [0.29, 0.717) is 0 Å². The zero-order valence-corrected chi connectivity index (χ0v) is 15.6. The molecule has 156 valence electrons. The summed E-state index contributed by atoms with van der Waals surface area (Å²) in [5.41, 5.74) is -1.71. The molecule has 0 radical (unpaired) electrons. The second kappa shape index (κ2) is 7.72. The Bertz CT molecular complexity index is 717. The summed E-state index contributed by atoms with van der Waals surface area (Å²) in [5.74, 6) is -0.277. The molecule has 7 N–H and O–H groups in total. The van der Waals surface area contributed by atoms with Gasteiger partial charge in [0, 0.05) is 19.3 Å². The molecule has 1 aromatic carbocycles. The molecule has 0 saturated carbocycles. The van der Waals surface area contributed by atoms with Gasteiger partial charge in [0.2, 0.25) is 0 Å². The van der Waals surface area contributed by atoms with Crippen LogP contribution in [0.4, 0.5) is 0 Å². The molecule has 8 nitrogen and oxygen atoms in total. The van der Waals surface area contributed by atoms with Crippen LogP contribution in [0.25, 0.3) is 0 Å². The highest BCUT2D eigenvalue weighted by atomic mass is 16.6. The third kappa shape index (κ3) is 4.08. The van der Waals surface area contributed by atoms with Crippen molar-refractivity contribution < 1.29 is 40.5 Å². The summed E-state index contributed by atoms with van der Waals surface area (Å²) in [7, 11) is 0. The van der Waals surface area contributed by atoms with E-state index in [0.717, 1.165) is 11.1 Å². The Morgan fingerprint density at radius 2 is 1.68 bits per heavy atom. The standard InChI is InChI=1S/C20H28O8/c1-11-2-4-12(5-3-11)6-19(26)7-13(22)8-20(27,10-19)18-17(25)16(24)15(23)14(9-21)28-18/h2-5,7,14-18,21-27H,6,8-10H2,1H3/t14-,15-,16+,17-,18-,19?,20?/m1/s1. The Labute approximate surface area is 163 Å². The summed E-state index contributed by atoms with van der Waals surface area (Å²) >= 11 is 0. The predicted molar refractivity (Wildman–Crippen MR) is 98.5 cm³/mol. The van der Waals surface area contributed by atoms with E-state index in [-0.39, 0.29) is 25.0 Å². The monoisotopic (exact) mass is 396 g/mol. The largest absolute Gasteiger partial charge is 0.512 e. The molecule has 1 aliphatic heterocycles. The van der Waals surface area contributed by atoms with Crippen molar-refractivity contribution in [1.82, 2.24) is 0 Å². The van der Waals surface area contributed by atoms with Gasteiger partial charge in [0.1, 0.15) is 36.1 Å². The summed E-state index contributed by atoms with van der Waals surface area (Å²) < 4.78 is 5.47. The molecule has 1 aromatic rings. The Kier molecular flexibility index (Phi) is 5.84. The first kappa shape index (κ1) is 21.2. The minimum Gasteiger partial charge on any atom is -0.512 e. The van der Waals surface area contributed by atoms with E-state index in [9.17, 15) is 35.7 Å². The number of aliphatic hydroxyl groups excluding tert-OH is 5. The number of benzene rings is 1. The molecular formula is C20H28O8. The van der Waals surface area contributed by atoms with Gasteiger partial charge in [0.25, 0.3) is 0 Å². The van der Waals surface area contributed by atoms with Crippen molar-refractivity contribution >= 4 is 0 Å². The van der Waals surface area contributed by atoms with Gasteiger partial charge in [0.15, 0.2) is 0 Å². The summed E-state index contributed by atoms with van der Waals surface area (Å²) in [4.78, 5) is 0. The molecule has 1 saturated heterocycles. The van der Waals surface area contributed by atoms with E-state index in [1.165, 1.54) is 6.08 Å². The Hall–Kier alpha value is -1.52. The maximum atomic E-state index is 11.2. The topological polar surface area (TPSA) is 151 Å². The first-order valence-corrected chi connectivity index (χ1v) is 9.28. The fourth-order valence-electron chi connectivity index (χ4n) is 4.24. The van der Waals surface area contributed by atoms with Crippen molar-refractivity contribution in [1.29, 1.82) is 0 Å². The molecule has 2 aliphatic rings. The minimum atomic E-state index is -1.92. The van der Waals surface area contributed by atoms with Crippen molar-refractivity contribution in [3.63, 3.8) is 0 Å². The summed E-state index contributed by atoms with van der Waals surface area (Å²) in [6.45, 7) is 1.30. The van der Waals surface area contributed by atoms with Crippen LogP contribution in [0, 0.1) is 6.92 Å². The smallest absolute Gasteiger partial charge is 0.116 e. The number of hydrogen-bond acceptors (Lipinski definition) is 8. The van der Waals surface area contributed by atoms with E-state index in [1.54, 1.807) is 0 Å². The summed E-state index contributed by atoms with van der Waals surface area (Å²) in [6.07, 6.45) is -6.71. The lowest BCUT2D eigenvalue weighted by molar-refractivity contribution is -0.277. The minimum absolute atomic E-state index is 0.108. The summed E-state index contributed by atoms with van der Waals surface area (Å²) in [6, 6.07) is 7.43. The van der Waals surface area contributed by atoms with Gasteiger partial charge >= 0.3 is 0 Å². The van der Waals surface area contributed by atoms with Crippen LogP contribution in [0.15, 0.2) is 36.1 Å². The van der Waals surface area contributed by atoms with Crippen molar-refractivity contribution in [3.05, 3.63) is 47.2 Å². The first-order valence-electron chi connectivity index (χ1n) is 9.28. The van der Waals surface area contributed by atoms with Gasteiger partial charge in [-0.15, -0.1) is 0 Å². The second-order valence-corrected chi connectivity index (χ2v) is 8.11. The van der Waals surface area contributed by atoms with Gasteiger partial charge in [-0.25, -0.2) is 0 Å². The van der Waals surface area contributed by atoms with E-state index in [1.807, 2.05) is 31.2 Å². The van der Waals surface area contributed by atoms with Gasteiger partial charge in [0.05, 0.1) is 18.0 Å². The molecule has 0 aromatic heterocycles. The van der Waals surface area contributed by atoms with Crippen LogP contribution in [0.1, 0.15) is 24.0 Å². The molecular weight excluding hydrogens is 368 g/mol. The van der Waals surface area contributed by atoms with Crippen LogP contribution in [0.2, 0.25) is 0 Å². The number of hydrogen-bond donors (Lipinski definition) is 7. The Morgan fingerprint density at radius 1 is 1.04 bits per heavy atom. The summed E-state index contributed by atoms with van der Waals surface area (Å²) in [5, 5.41) is 72.2. The van der Waals surface area contributed by atoms with E-state index >= 15 is 0 Å². The molecule has 7 atom stereocenters. The molecule has 1 heterocycles. The van der Waals surface area contributed by atoms with Crippen LogP contribution in [-0.4, -0.2) is 84.1 Å². The number of aryl methyl sites for hydroxylation is 1. The molecule has 1 aliphatic carbocycles. The number of rotatable bonds is 4. The zero-order valence-electron chi connectivity index (χ0n) is 15.6. The van der Waals surface area contributed by atoms with Crippen LogP contribution >= 0.6 is 0 Å². The van der Waals surface area contributed by atoms with E-state index in [2.05, 4.69) is 0 Å². The normalized spacial score (nSPS) is 41.5. The molecule has 3 rings (SSSR count). The molecule has 0 amide bonds. The quantitative estimate of drug-likeness (QED) is 0.345. The fraction of sp³-hybridized carbons (Fsp3) is 0.600. The average molecular weight is 396 g/mol. The van der Waals surface area contributed by atoms with Gasteiger partial charge in [-0.1, -0.05) is 29.8 Å². The van der Waals surface area contributed by atoms with E-state index in [4.69, 9.17) is 4.74 Å². The third-order valence-corrected chi connectivity index (χ3v) is 5.59. The zero-order chi connectivity index (χ0) is 20.7. The molecule has 8 heteroatoms. The molecule has 28 heavy (non-hydrogen) atoms. The van der Waals surface area contributed by atoms with E-state index < -0.39 is 48.3 Å². The van der Waals surface area contributed by atoms with Gasteiger partial charge < -0.3 is 40.5 Å². The fourth-order valence-corrected chi connectivity index (χ4v) is 4.24. The van der Waals surface area contributed by atoms with Gasteiger partial charge in [-0.3, -0.25) is 0 Å². The van der Waals surface area contributed by atoms with Gasteiger partial charge in [-0.05, 0) is 18.6 Å². The highest BCUT2D eigenvalue weighted by Crippen LogP contribution is 2.42. The third-order valence-electron chi connectivity index (χ3n) is 5.59. The Morgan fingerprint density at radius 3 is 2.29 bits per heavy atom. The highest BCUT2D eigenvalue weighted by Gasteiger charge is 2.56. The molecule has 0 bridgehead atoms. The van der Waals surface area contributed by atoms with Gasteiger partial charge in [-0.2, -0.15) is 0 Å². The van der Waals surface area contributed by atoms with Crippen molar-refractivity contribution in [3.8, 4) is 0 Å². The Balaban J connectivity index is 1.87. The lowest BCUT2D eigenvalue weighted by Crippen LogP contribution is -2.67. The maximum absolute atomic E-state index is 11.2. The van der Waals surface area contributed by atoms with Crippen LogP contribution < -0.4 is 0 Å². The van der Waals surface area contributed by atoms with Crippen LogP contribution in [0.5, 0.6) is 0 Å². The average Bonchev–Trinajstić information content (AvgIpc) is 2.60. The van der Waals surface area contributed by atoms with Crippen molar-refractivity contribution in [2.75, 3.05) is 6.61 Å². The maximum Gasteiger partial charge on any atom is 0.116 e. The van der Waals surface area contributed by atoms with Crippen LogP contribution in [0.3, 0.4) is 0 Å². The second-order valence-electron chi connectivity index (χ2n) is 8.11. The predicted octanol–water partition coefficient (Wildman–Crippen LogP) is -0.922. The lowest BCUT2D eigenvalue weighted by atomic mass is 9.71. The molecule has 2 unspecified atom stereocenters.